The van der Waals surface area contributed by atoms with Crippen LogP contribution in [0.5, 0.6) is 34.5 Å². The van der Waals surface area contributed by atoms with E-state index in [1.165, 1.54) is 57.5 Å². The molecule has 142 valence electrons. The van der Waals surface area contributed by atoms with E-state index in [4.69, 9.17) is 18.9 Å². The van der Waals surface area contributed by atoms with Crippen molar-refractivity contribution in [2.45, 2.75) is 0 Å². The van der Waals surface area contributed by atoms with E-state index in [2.05, 4.69) is 10.3 Å². The SMILES string of the molecule is COc1cc(-c2cnnn2-c2cc(O)cc(OC)c2OC)cc(O)c1OC. The smallest absolute Gasteiger partial charge is 0.203 e. The third-order valence-corrected chi connectivity index (χ3v) is 3.98. The second-order valence-electron chi connectivity index (χ2n) is 5.46. The highest BCUT2D eigenvalue weighted by molar-refractivity contribution is 5.71. The van der Waals surface area contributed by atoms with Crippen molar-refractivity contribution < 1.29 is 29.2 Å². The fourth-order valence-corrected chi connectivity index (χ4v) is 2.79. The summed E-state index contributed by atoms with van der Waals surface area (Å²) in [4.78, 5) is 0. The van der Waals surface area contributed by atoms with E-state index in [0.29, 0.717) is 34.2 Å². The lowest BCUT2D eigenvalue weighted by Gasteiger charge is -2.15. The second kappa shape index (κ2) is 7.32. The van der Waals surface area contributed by atoms with Crippen molar-refractivity contribution in [3.8, 4) is 51.4 Å². The van der Waals surface area contributed by atoms with Crippen LogP contribution in [0.2, 0.25) is 0 Å². The molecule has 0 radical (unpaired) electrons. The molecular weight excluding hydrogens is 354 g/mol. The quantitative estimate of drug-likeness (QED) is 0.678. The van der Waals surface area contributed by atoms with Crippen molar-refractivity contribution in [3.05, 3.63) is 30.5 Å². The fraction of sp³-hybridized carbons (Fsp3) is 0.222. The predicted octanol–water partition coefficient (Wildman–Crippen LogP) is 2.38. The summed E-state index contributed by atoms with van der Waals surface area (Å²) in [6.45, 7) is 0. The van der Waals surface area contributed by atoms with Crippen LogP contribution in [0.3, 0.4) is 0 Å². The number of aromatic nitrogens is 3. The minimum atomic E-state index is -0.0972. The van der Waals surface area contributed by atoms with E-state index in [1.54, 1.807) is 6.07 Å². The van der Waals surface area contributed by atoms with E-state index >= 15 is 0 Å². The molecule has 2 N–H and O–H groups in total. The van der Waals surface area contributed by atoms with Crippen LogP contribution in [0.4, 0.5) is 0 Å². The molecule has 0 aliphatic carbocycles. The molecule has 0 aliphatic rings. The lowest BCUT2D eigenvalue weighted by Crippen LogP contribution is -2.04. The van der Waals surface area contributed by atoms with Crippen molar-refractivity contribution in [2.24, 2.45) is 0 Å². The highest BCUT2D eigenvalue weighted by Gasteiger charge is 2.20. The van der Waals surface area contributed by atoms with Crippen molar-refractivity contribution in [2.75, 3.05) is 28.4 Å². The summed E-state index contributed by atoms with van der Waals surface area (Å²) >= 11 is 0. The summed E-state index contributed by atoms with van der Waals surface area (Å²) in [7, 11) is 5.86. The number of rotatable bonds is 6. The molecule has 1 aromatic heterocycles. The summed E-state index contributed by atoms with van der Waals surface area (Å²) in [6.07, 6.45) is 1.51. The van der Waals surface area contributed by atoms with Gasteiger partial charge in [0.1, 0.15) is 11.4 Å². The van der Waals surface area contributed by atoms with Crippen LogP contribution in [0.1, 0.15) is 0 Å². The molecule has 9 heteroatoms. The molecule has 27 heavy (non-hydrogen) atoms. The largest absolute Gasteiger partial charge is 0.508 e. The molecule has 0 fully saturated rings. The summed E-state index contributed by atoms with van der Waals surface area (Å²) < 4.78 is 22.6. The molecule has 0 saturated carbocycles. The average Bonchev–Trinajstić information content (AvgIpc) is 3.16. The Bertz CT molecular complexity index is 970. The first kappa shape index (κ1) is 18.2. The van der Waals surface area contributed by atoms with Crippen molar-refractivity contribution in [3.63, 3.8) is 0 Å². The highest BCUT2D eigenvalue weighted by Crippen LogP contribution is 2.42. The molecule has 2 aromatic carbocycles. The number of ether oxygens (including phenoxy) is 4. The summed E-state index contributed by atoms with van der Waals surface area (Å²) in [5, 5.41) is 28.3. The molecule has 3 rings (SSSR count). The Balaban J connectivity index is 2.22. The topological polar surface area (TPSA) is 108 Å². The lowest BCUT2D eigenvalue weighted by molar-refractivity contribution is 0.333. The first-order valence-electron chi connectivity index (χ1n) is 7.85. The van der Waals surface area contributed by atoms with Crippen molar-refractivity contribution >= 4 is 0 Å². The number of benzene rings is 2. The van der Waals surface area contributed by atoms with E-state index < -0.39 is 0 Å². The maximum atomic E-state index is 10.3. The Morgan fingerprint density at radius 1 is 0.815 bits per heavy atom. The summed E-state index contributed by atoms with van der Waals surface area (Å²) in [5.41, 5.74) is 1.51. The lowest BCUT2D eigenvalue weighted by atomic mass is 10.1. The Morgan fingerprint density at radius 3 is 2.11 bits per heavy atom. The molecule has 9 nitrogen and oxygen atoms in total. The maximum Gasteiger partial charge on any atom is 0.203 e. The number of aromatic hydroxyl groups is 2. The molecular formula is C18H19N3O6. The van der Waals surface area contributed by atoms with Gasteiger partial charge < -0.3 is 29.2 Å². The average molecular weight is 373 g/mol. The number of hydrogen-bond donors (Lipinski definition) is 2. The van der Waals surface area contributed by atoms with Gasteiger partial charge in [0.2, 0.25) is 5.75 Å². The van der Waals surface area contributed by atoms with Gasteiger partial charge in [0.15, 0.2) is 23.0 Å². The van der Waals surface area contributed by atoms with E-state index in [1.807, 2.05) is 0 Å². The Hall–Kier alpha value is -3.62. The summed E-state index contributed by atoms with van der Waals surface area (Å²) in [5.74, 6) is 1.15. The number of phenolic OH excluding ortho intramolecular Hbond substituents is 2. The number of hydrogen-bond acceptors (Lipinski definition) is 8. The van der Waals surface area contributed by atoms with Gasteiger partial charge in [-0.3, -0.25) is 0 Å². The van der Waals surface area contributed by atoms with Gasteiger partial charge >= 0.3 is 0 Å². The van der Waals surface area contributed by atoms with Gasteiger partial charge in [-0.1, -0.05) is 5.21 Å². The highest BCUT2D eigenvalue weighted by atomic mass is 16.5. The van der Waals surface area contributed by atoms with Gasteiger partial charge in [0.25, 0.3) is 0 Å². The molecule has 0 saturated heterocycles. The standard InChI is InChI=1S/C18H19N3O6/c1-24-15-6-10(5-14(23)18(15)27-4)13-9-19-20-21(13)12-7-11(22)8-16(25-2)17(12)26-3/h5-9,22-23H,1-4H3. The molecule has 1 heterocycles. The molecule has 0 aliphatic heterocycles. The third-order valence-electron chi connectivity index (χ3n) is 3.98. The number of phenols is 2. The molecule has 3 aromatic rings. The van der Waals surface area contributed by atoms with Crippen LogP contribution in [0.15, 0.2) is 30.5 Å². The van der Waals surface area contributed by atoms with Gasteiger partial charge in [-0.25, -0.2) is 4.68 Å². The monoisotopic (exact) mass is 373 g/mol. The predicted molar refractivity (Wildman–Crippen MR) is 96.3 cm³/mol. The van der Waals surface area contributed by atoms with Crippen LogP contribution in [0, 0.1) is 0 Å². The fourth-order valence-electron chi connectivity index (χ4n) is 2.79. The first-order valence-corrected chi connectivity index (χ1v) is 7.85. The third kappa shape index (κ3) is 3.14. The molecule has 0 amide bonds. The Labute approximate surface area is 155 Å². The molecule has 0 unspecified atom stereocenters. The molecule has 0 atom stereocenters. The zero-order chi connectivity index (χ0) is 19.6. The number of nitrogens with zero attached hydrogens (tertiary/aromatic N) is 3. The van der Waals surface area contributed by atoms with Gasteiger partial charge in [-0.15, -0.1) is 5.10 Å². The number of methoxy groups -OCH3 is 4. The van der Waals surface area contributed by atoms with Crippen LogP contribution < -0.4 is 18.9 Å². The van der Waals surface area contributed by atoms with Gasteiger partial charge in [-0.2, -0.15) is 0 Å². The second-order valence-corrected chi connectivity index (χ2v) is 5.46. The van der Waals surface area contributed by atoms with E-state index in [-0.39, 0.29) is 17.2 Å². The minimum Gasteiger partial charge on any atom is -0.508 e. The maximum absolute atomic E-state index is 10.3. The zero-order valence-corrected chi connectivity index (χ0v) is 15.3. The van der Waals surface area contributed by atoms with Gasteiger partial charge in [-0.05, 0) is 12.1 Å². The van der Waals surface area contributed by atoms with Crippen LogP contribution >= 0.6 is 0 Å². The summed E-state index contributed by atoms with van der Waals surface area (Å²) in [6, 6.07) is 6.09. The van der Waals surface area contributed by atoms with E-state index in [9.17, 15) is 10.2 Å². The van der Waals surface area contributed by atoms with Crippen molar-refractivity contribution in [1.29, 1.82) is 0 Å². The minimum absolute atomic E-state index is 0.0285. The normalized spacial score (nSPS) is 10.5. The van der Waals surface area contributed by atoms with Crippen LogP contribution in [-0.2, 0) is 0 Å². The van der Waals surface area contributed by atoms with E-state index in [0.717, 1.165) is 0 Å². The molecule has 0 spiro atoms. The Kier molecular flexibility index (Phi) is 4.93. The van der Waals surface area contributed by atoms with Crippen LogP contribution in [-0.4, -0.2) is 53.6 Å². The Morgan fingerprint density at radius 2 is 1.48 bits per heavy atom. The van der Waals surface area contributed by atoms with Crippen LogP contribution in [0.25, 0.3) is 16.9 Å². The van der Waals surface area contributed by atoms with Gasteiger partial charge in [0.05, 0.1) is 40.3 Å². The first-order chi connectivity index (χ1) is 13.0. The van der Waals surface area contributed by atoms with Crippen molar-refractivity contribution in [1.82, 2.24) is 15.0 Å². The molecule has 0 bridgehead atoms. The van der Waals surface area contributed by atoms with Gasteiger partial charge in [0, 0.05) is 17.7 Å². The zero-order valence-electron chi connectivity index (χ0n) is 15.3.